The fourth-order valence-electron chi connectivity index (χ4n) is 1.42. The first-order valence-corrected chi connectivity index (χ1v) is 4.90. The van der Waals surface area contributed by atoms with E-state index < -0.39 is 11.8 Å². The van der Waals surface area contributed by atoms with Gasteiger partial charge in [0.15, 0.2) is 0 Å². The van der Waals surface area contributed by atoms with Gasteiger partial charge in [0.2, 0.25) is 12.2 Å². The molecule has 17 heavy (non-hydrogen) atoms. The summed E-state index contributed by atoms with van der Waals surface area (Å²) in [7, 11) is 0. The van der Waals surface area contributed by atoms with Crippen molar-refractivity contribution in [1.82, 2.24) is 0 Å². The van der Waals surface area contributed by atoms with Gasteiger partial charge in [-0.1, -0.05) is 12.1 Å². The number of aryl methyl sites for hydroxylation is 1. The molecule has 0 spiro atoms. The third-order valence-electron chi connectivity index (χ3n) is 2.25. The molecule has 0 aromatic heterocycles. The molecular weight excluding hydrogens is 224 g/mol. The van der Waals surface area contributed by atoms with Crippen LogP contribution >= 0.6 is 0 Å². The number of carbonyl (C=O) groups is 3. The fraction of sp³-hybridized carbons (Fsp3) is 0.182. The first-order valence-electron chi connectivity index (χ1n) is 4.90. The van der Waals surface area contributed by atoms with Crippen LogP contribution in [0.5, 0.6) is 0 Å². The lowest BCUT2D eigenvalue weighted by molar-refractivity contribution is -0.149. The summed E-state index contributed by atoms with van der Waals surface area (Å²) in [4.78, 5) is 31.7. The van der Waals surface area contributed by atoms with Gasteiger partial charge in [0, 0.05) is 6.42 Å². The second-order valence-electron chi connectivity index (χ2n) is 3.37. The maximum absolute atomic E-state index is 10.9. The van der Waals surface area contributed by atoms with Crippen LogP contribution in [0.15, 0.2) is 18.2 Å². The quantitative estimate of drug-likeness (QED) is 0.377. The molecule has 90 valence electrons. The minimum atomic E-state index is -1.46. The Morgan fingerprint density at radius 3 is 2.71 bits per heavy atom. The van der Waals surface area contributed by atoms with E-state index in [1.807, 2.05) is 0 Å². The lowest BCUT2D eigenvalue weighted by Crippen LogP contribution is -2.13. The van der Waals surface area contributed by atoms with Gasteiger partial charge >= 0.3 is 5.97 Å². The molecule has 0 saturated carbocycles. The van der Waals surface area contributed by atoms with Crippen molar-refractivity contribution < 1.29 is 19.5 Å². The highest BCUT2D eigenvalue weighted by Gasteiger charge is 2.13. The highest BCUT2D eigenvalue weighted by Crippen LogP contribution is 2.24. The van der Waals surface area contributed by atoms with Crippen molar-refractivity contribution in [2.75, 3.05) is 11.1 Å². The summed E-state index contributed by atoms with van der Waals surface area (Å²) in [5.74, 6) is -2.33. The monoisotopic (exact) mass is 236 g/mol. The number of carboxylic acid groups (broad SMARTS) is 1. The summed E-state index contributed by atoms with van der Waals surface area (Å²) in [6.45, 7) is 0. The van der Waals surface area contributed by atoms with Gasteiger partial charge in [-0.2, -0.15) is 0 Å². The number of hydrogen-bond acceptors (Lipinski definition) is 4. The molecule has 6 nitrogen and oxygen atoms in total. The Hall–Kier alpha value is -2.37. The molecule has 1 rings (SSSR count). The van der Waals surface area contributed by atoms with E-state index in [0.29, 0.717) is 23.3 Å². The highest BCUT2D eigenvalue weighted by atomic mass is 16.4. The van der Waals surface area contributed by atoms with Crippen LogP contribution in [-0.2, 0) is 20.8 Å². The van der Waals surface area contributed by atoms with Crippen LogP contribution in [0.1, 0.15) is 12.0 Å². The third kappa shape index (κ3) is 3.30. The normalized spacial score (nSPS) is 9.65. The molecular formula is C11H12N2O4. The number of hydrogen-bond donors (Lipinski definition) is 3. The molecule has 0 fully saturated rings. The standard InChI is InChI=1S/C11H12N2O4/c12-8-3-1-2-7(10(8)13-6-14)4-5-9(15)11(16)17/h1-3,6H,4-5,12H2,(H,13,14)(H,16,17). The molecule has 0 saturated heterocycles. The number of carbonyl (C=O) groups excluding carboxylic acids is 2. The number of nitrogens with one attached hydrogen (secondary N) is 1. The number of aliphatic carboxylic acids is 1. The van der Waals surface area contributed by atoms with E-state index in [1.165, 1.54) is 0 Å². The molecule has 0 heterocycles. The fourth-order valence-corrected chi connectivity index (χ4v) is 1.42. The molecule has 1 aromatic rings. The summed E-state index contributed by atoms with van der Waals surface area (Å²) in [6.07, 6.45) is 0.562. The van der Waals surface area contributed by atoms with Gasteiger partial charge in [-0.15, -0.1) is 0 Å². The summed E-state index contributed by atoms with van der Waals surface area (Å²) in [5, 5.41) is 10.9. The molecule has 0 atom stereocenters. The van der Waals surface area contributed by atoms with Gasteiger partial charge in [-0.3, -0.25) is 9.59 Å². The lowest BCUT2D eigenvalue weighted by atomic mass is 10.0. The zero-order valence-electron chi connectivity index (χ0n) is 8.97. The number of ketones is 1. The second kappa shape index (κ2) is 5.64. The molecule has 6 heteroatoms. The van der Waals surface area contributed by atoms with Crippen LogP contribution in [0.2, 0.25) is 0 Å². The first-order chi connectivity index (χ1) is 8.06. The average Bonchev–Trinajstić information content (AvgIpc) is 2.29. The molecule has 0 radical (unpaired) electrons. The Morgan fingerprint density at radius 1 is 1.41 bits per heavy atom. The largest absolute Gasteiger partial charge is 0.476 e. The van der Waals surface area contributed by atoms with Crippen molar-refractivity contribution in [2.24, 2.45) is 0 Å². The van der Waals surface area contributed by atoms with Crippen molar-refractivity contribution in [1.29, 1.82) is 0 Å². The summed E-state index contributed by atoms with van der Waals surface area (Å²) < 4.78 is 0. The minimum Gasteiger partial charge on any atom is -0.476 e. The van der Waals surface area contributed by atoms with Gasteiger partial charge in [0.25, 0.3) is 0 Å². The van der Waals surface area contributed by atoms with Crippen LogP contribution in [0, 0.1) is 0 Å². The SMILES string of the molecule is Nc1cccc(CCC(=O)C(=O)O)c1NC=O. The number of benzene rings is 1. The van der Waals surface area contributed by atoms with Crippen molar-refractivity contribution >= 4 is 29.5 Å². The summed E-state index contributed by atoms with van der Waals surface area (Å²) in [5.41, 5.74) is 7.07. The number of anilines is 2. The van der Waals surface area contributed by atoms with Gasteiger partial charge in [-0.05, 0) is 18.1 Å². The van der Waals surface area contributed by atoms with Crippen molar-refractivity contribution in [3.05, 3.63) is 23.8 Å². The van der Waals surface area contributed by atoms with E-state index in [0.717, 1.165) is 0 Å². The number of Topliss-reactive ketones (excluding diaryl/α,β-unsaturated/α-hetero) is 1. The summed E-state index contributed by atoms with van der Waals surface area (Å²) >= 11 is 0. The predicted octanol–water partition coefficient (Wildman–Crippen LogP) is 0.423. The molecule has 0 unspecified atom stereocenters. The highest BCUT2D eigenvalue weighted by molar-refractivity contribution is 6.32. The van der Waals surface area contributed by atoms with Crippen molar-refractivity contribution in [3.8, 4) is 0 Å². The number of rotatable bonds is 6. The zero-order chi connectivity index (χ0) is 12.8. The Kier molecular flexibility index (Phi) is 4.21. The zero-order valence-corrected chi connectivity index (χ0v) is 8.97. The van der Waals surface area contributed by atoms with E-state index in [-0.39, 0.29) is 12.8 Å². The maximum atomic E-state index is 10.9. The number of amides is 1. The maximum Gasteiger partial charge on any atom is 0.372 e. The van der Waals surface area contributed by atoms with E-state index >= 15 is 0 Å². The number of nitrogens with two attached hydrogens (primary N) is 1. The Balaban J connectivity index is 2.83. The van der Waals surface area contributed by atoms with Crippen LogP contribution in [0.25, 0.3) is 0 Å². The van der Waals surface area contributed by atoms with E-state index in [4.69, 9.17) is 10.8 Å². The van der Waals surface area contributed by atoms with Crippen LogP contribution in [0.3, 0.4) is 0 Å². The number of nitrogen functional groups attached to an aromatic ring is 1. The van der Waals surface area contributed by atoms with E-state index in [1.54, 1.807) is 18.2 Å². The molecule has 0 bridgehead atoms. The van der Waals surface area contributed by atoms with Gasteiger partial charge in [-0.25, -0.2) is 4.79 Å². The van der Waals surface area contributed by atoms with Gasteiger partial charge < -0.3 is 16.2 Å². The first kappa shape index (κ1) is 12.7. The number of carboxylic acids is 1. The molecule has 0 aliphatic rings. The van der Waals surface area contributed by atoms with Crippen molar-refractivity contribution in [3.63, 3.8) is 0 Å². The Labute approximate surface area is 97.4 Å². The molecule has 4 N–H and O–H groups in total. The smallest absolute Gasteiger partial charge is 0.372 e. The molecule has 0 aliphatic heterocycles. The van der Waals surface area contributed by atoms with Crippen LogP contribution in [-0.4, -0.2) is 23.3 Å². The lowest BCUT2D eigenvalue weighted by Gasteiger charge is -2.10. The minimum absolute atomic E-state index is 0.133. The average molecular weight is 236 g/mol. The van der Waals surface area contributed by atoms with Gasteiger partial charge in [0.1, 0.15) is 0 Å². The van der Waals surface area contributed by atoms with Gasteiger partial charge in [0.05, 0.1) is 11.4 Å². The van der Waals surface area contributed by atoms with E-state index in [9.17, 15) is 14.4 Å². The predicted molar refractivity (Wildman–Crippen MR) is 61.5 cm³/mol. The van der Waals surface area contributed by atoms with Crippen molar-refractivity contribution in [2.45, 2.75) is 12.8 Å². The molecule has 1 amide bonds. The Morgan fingerprint density at radius 2 is 2.12 bits per heavy atom. The molecule has 0 aliphatic carbocycles. The van der Waals surface area contributed by atoms with Crippen LogP contribution in [0.4, 0.5) is 11.4 Å². The second-order valence-corrected chi connectivity index (χ2v) is 3.37. The van der Waals surface area contributed by atoms with E-state index in [2.05, 4.69) is 5.32 Å². The molecule has 1 aromatic carbocycles. The summed E-state index contributed by atoms with van der Waals surface area (Å²) in [6, 6.07) is 4.96. The Bertz CT molecular complexity index is 457. The topological polar surface area (TPSA) is 109 Å². The van der Waals surface area contributed by atoms with Crippen LogP contribution < -0.4 is 11.1 Å². The third-order valence-corrected chi connectivity index (χ3v) is 2.25. The number of para-hydroxylation sites is 1.